The van der Waals surface area contributed by atoms with E-state index in [1.165, 1.54) is 16.7 Å². The van der Waals surface area contributed by atoms with Crippen molar-refractivity contribution in [3.8, 4) is 11.5 Å². The van der Waals surface area contributed by atoms with Crippen molar-refractivity contribution < 1.29 is 9.47 Å². The summed E-state index contributed by atoms with van der Waals surface area (Å²) in [6, 6.07) is 27.1. The van der Waals surface area contributed by atoms with Crippen molar-refractivity contribution in [1.29, 1.82) is 0 Å². The highest BCUT2D eigenvalue weighted by molar-refractivity contribution is 5.81. The fourth-order valence-electron chi connectivity index (χ4n) is 3.45. The van der Waals surface area contributed by atoms with E-state index in [4.69, 9.17) is 9.47 Å². The van der Waals surface area contributed by atoms with Gasteiger partial charge in [0.2, 0.25) is 0 Å². The summed E-state index contributed by atoms with van der Waals surface area (Å²) in [5, 5.41) is 0. The van der Waals surface area contributed by atoms with Crippen LogP contribution < -0.4 is 9.47 Å². The molecule has 148 valence electrons. The highest BCUT2D eigenvalue weighted by Gasteiger charge is 2.13. The van der Waals surface area contributed by atoms with Crippen LogP contribution >= 0.6 is 0 Å². The first kappa shape index (κ1) is 20.5. The van der Waals surface area contributed by atoms with E-state index < -0.39 is 0 Å². The van der Waals surface area contributed by atoms with Gasteiger partial charge < -0.3 is 9.47 Å². The topological polar surface area (TPSA) is 18.5 Å². The van der Waals surface area contributed by atoms with Crippen LogP contribution in [0.25, 0.3) is 5.57 Å². The van der Waals surface area contributed by atoms with Crippen LogP contribution in [0.15, 0.2) is 97.1 Å². The van der Waals surface area contributed by atoms with Crippen LogP contribution in [0, 0.1) is 0 Å². The summed E-state index contributed by atoms with van der Waals surface area (Å²) in [5.74, 6) is 1.95. The second-order valence-corrected chi connectivity index (χ2v) is 7.22. The highest BCUT2D eigenvalue weighted by Crippen LogP contribution is 2.33. The van der Waals surface area contributed by atoms with Crippen molar-refractivity contribution in [3.05, 3.63) is 114 Å². The molecular formula is C27H28O2. The number of hydrogen-bond donors (Lipinski definition) is 0. The van der Waals surface area contributed by atoms with Gasteiger partial charge in [0.05, 0.1) is 14.2 Å². The Hall–Kier alpha value is -3.26. The minimum atomic E-state index is 0.243. The first-order valence-electron chi connectivity index (χ1n) is 9.80. The summed E-state index contributed by atoms with van der Waals surface area (Å²) in [5.41, 5.74) is 5.94. The van der Waals surface area contributed by atoms with Gasteiger partial charge in [0.25, 0.3) is 0 Å². The lowest BCUT2D eigenvalue weighted by Gasteiger charge is -2.18. The van der Waals surface area contributed by atoms with Gasteiger partial charge in [-0.2, -0.15) is 0 Å². The van der Waals surface area contributed by atoms with E-state index in [2.05, 4.69) is 74.2 Å². The Balaban J connectivity index is 2.11. The van der Waals surface area contributed by atoms with Crippen molar-refractivity contribution in [2.24, 2.45) is 0 Å². The monoisotopic (exact) mass is 384 g/mol. The Bertz CT molecular complexity index is 902. The standard InChI is InChI=1S/C27H28O2/c1-20(2)18-24(21-8-6-5-7-9-21)19-27(22-10-14-25(28-3)15-11-22)23-12-16-26(29-4)17-13-23/h5-17,19,24H,1,18H2,2-4H3. The first-order chi connectivity index (χ1) is 14.1. The minimum absolute atomic E-state index is 0.243. The average molecular weight is 385 g/mol. The van der Waals surface area contributed by atoms with E-state index in [-0.39, 0.29) is 5.92 Å². The van der Waals surface area contributed by atoms with Gasteiger partial charge in [-0.1, -0.05) is 66.2 Å². The number of allylic oxidation sites excluding steroid dienone is 2. The molecule has 0 amide bonds. The maximum Gasteiger partial charge on any atom is 0.118 e. The van der Waals surface area contributed by atoms with E-state index in [1.807, 2.05) is 24.3 Å². The Morgan fingerprint density at radius 1 is 0.793 bits per heavy atom. The maximum atomic E-state index is 5.34. The molecule has 0 aliphatic rings. The summed E-state index contributed by atoms with van der Waals surface area (Å²) in [6.45, 7) is 6.24. The van der Waals surface area contributed by atoms with E-state index in [9.17, 15) is 0 Å². The van der Waals surface area contributed by atoms with Crippen molar-refractivity contribution in [2.75, 3.05) is 14.2 Å². The summed E-state index contributed by atoms with van der Waals surface area (Å²) in [6.07, 6.45) is 3.26. The van der Waals surface area contributed by atoms with E-state index in [0.29, 0.717) is 0 Å². The molecule has 0 radical (unpaired) electrons. The molecule has 0 N–H and O–H groups in total. The van der Waals surface area contributed by atoms with Gasteiger partial charge >= 0.3 is 0 Å². The molecule has 0 saturated carbocycles. The largest absolute Gasteiger partial charge is 0.497 e. The molecule has 0 heterocycles. The summed E-state index contributed by atoms with van der Waals surface area (Å²) >= 11 is 0. The van der Waals surface area contributed by atoms with Gasteiger partial charge in [-0.15, -0.1) is 6.58 Å². The third kappa shape index (κ3) is 5.39. The van der Waals surface area contributed by atoms with Gasteiger partial charge in [0.15, 0.2) is 0 Å². The van der Waals surface area contributed by atoms with Crippen molar-refractivity contribution >= 4 is 5.57 Å². The normalized spacial score (nSPS) is 11.4. The van der Waals surface area contributed by atoms with Crippen LogP contribution in [-0.2, 0) is 0 Å². The Labute approximate surface area is 174 Å². The molecule has 3 rings (SSSR count). The molecule has 0 spiro atoms. The van der Waals surface area contributed by atoms with E-state index in [0.717, 1.165) is 29.0 Å². The predicted octanol–water partition coefficient (Wildman–Crippen LogP) is 6.89. The molecule has 2 nitrogen and oxygen atoms in total. The van der Waals surface area contributed by atoms with Crippen LogP contribution in [0.3, 0.4) is 0 Å². The fraction of sp³-hybridized carbons (Fsp3) is 0.185. The average Bonchev–Trinajstić information content (AvgIpc) is 2.77. The lowest BCUT2D eigenvalue weighted by atomic mass is 9.87. The second kappa shape index (κ2) is 9.79. The van der Waals surface area contributed by atoms with Crippen LogP contribution in [0.2, 0.25) is 0 Å². The summed E-state index contributed by atoms with van der Waals surface area (Å²) < 4.78 is 10.7. The molecule has 3 aromatic rings. The maximum absolute atomic E-state index is 5.34. The number of methoxy groups -OCH3 is 2. The quantitative estimate of drug-likeness (QED) is 0.394. The third-order valence-corrected chi connectivity index (χ3v) is 4.97. The zero-order valence-electron chi connectivity index (χ0n) is 17.4. The van der Waals surface area contributed by atoms with Crippen LogP contribution in [0.5, 0.6) is 11.5 Å². The molecule has 0 saturated heterocycles. The van der Waals surface area contributed by atoms with Crippen molar-refractivity contribution in [2.45, 2.75) is 19.3 Å². The molecule has 0 aliphatic carbocycles. The Morgan fingerprint density at radius 3 is 1.69 bits per heavy atom. The fourth-order valence-corrected chi connectivity index (χ4v) is 3.45. The molecule has 3 aromatic carbocycles. The molecule has 0 aliphatic heterocycles. The molecular weight excluding hydrogens is 356 g/mol. The van der Waals surface area contributed by atoms with E-state index in [1.54, 1.807) is 14.2 Å². The zero-order chi connectivity index (χ0) is 20.6. The van der Waals surface area contributed by atoms with Crippen LogP contribution in [-0.4, -0.2) is 14.2 Å². The predicted molar refractivity (Wildman–Crippen MR) is 122 cm³/mol. The van der Waals surface area contributed by atoms with Crippen LogP contribution in [0.1, 0.15) is 36.0 Å². The molecule has 0 aromatic heterocycles. The van der Waals surface area contributed by atoms with Gasteiger partial charge in [-0.3, -0.25) is 0 Å². The van der Waals surface area contributed by atoms with Crippen molar-refractivity contribution in [1.82, 2.24) is 0 Å². The Morgan fingerprint density at radius 2 is 1.28 bits per heavy atom. The third-order valence-electron chi connectivity index (χ3n) is 4.97. The lowest BCUT2D eigenvalue weighted by Crippen LogP contribution is -1.99. The second-order valence-electron chi connectivity index (χ2n) is 7.22. The zero-order valence-corrected chi connectivity index (χ0v) is 17.4. The van der Waals surface area contributed by atoms with Crippen LogP contribution in [0.4, 0.5) is 0 Å². The number of benzene rings is 3. The molecule has 1 unspecified atom stereocenters. The van der Waals surface area contributed by atoms with Gasteiger partial charge in [-0.05, 0) is 59.9 Å². The van der Waals surface area contributed by atoms with Gasteiger partial charge in [0, 0.05) is 5.92 Å². The smallest absolute Gasteiger partial charge is 0.118 e. The molecule has 0 bridgehead atoms. The lowest BCUT2D eigenvalue weighted by molar-refractivity contribution is 0.414. The molecule has 0 fully saturated rings. The van der Waals surface area contributed by atoms with Gasteiger partial charge in [0.1, 0.15) is 11.5 Å². The molecule has 29 heavy (non-hydrogen) atoms. The van der Waals surface area contributed by atoms with E-state index >= 15 is 0 Å². The van der Waals surface area contributed by atoms with Gasteiger partial charge in [-0.25, -0.2) is 0 Å². The summed E-state index contributed by atoms with van der Waals surface area (Å²) in [7, 11) is 3.38. The molecule has 1 atom stereocenters. The molecule has 2 heteroatoms. The number of hydrogen-bond acceptors (Lipinski definition) is 2. The summed E-state index contributed by atoms with van der Waals surface area (Å²) in [4.78, 5) is 0. The SMILES string of the molecule is C=C(C)CC(C=C(c1ccc(OC)cc1)c1ccc(OC)cc1)c1ccccc1. The van der Waals surface area contributed by atoms with Crippen molar-refractivity contribution in [3.63, 3.8) is 0 Å². The number of ether oxygens (including phenoxy) is 2. The first-order valence-corrected chi connectivity index (χ1v) is 9.80. The Kier molecular flexibility index (Phi) is 6.91. The number of rotatable bonds is 8. The minimum Gasteiger partial charge on any atom is -0.497 e. The highest BCUT2D eigenvalue weighted by atomic mass is 16.5.